The highest BCUT2D eigenvalue weighted by atomic mass is 32.2. The number of hydrogen-bond acceptors (Lipinski definition) is 7. The molecule has 4 rings (SSSR count). The Kier molecular flexibility index (Phi) is 8.62. The van der Waals surface area contributed by atoms with Crippen molar-refractivity contribution < 1.29 is 18.3 Å². The minimum Gasteiger partial charge on any atom is -0.493 e. The van der Waals surface area contributed by atoms with Gasteiger partial charge in [0, 0.05) is 24.9 Å². The summed E-state index contributed by atoms with van der Waals surface area (Å²) in [5, 5.41) is 11.5. The second kappa shape index (κ2) is 11.9. The van der Waals surface area contributed by atoms with Crippen molar-refractivity contribution in [3.05, 3.63) is 99.9 Å². The fraction of sp³-hybridized carbons (Fsp3) is 0.300. The maximum atomic E-state index is 13.8. The number of nitrogens with zero attached hydrogens (tertiary/aromatic N) is 3. The van der Waals surface area contributed by atoms with Gasteiger partial charge in [0.15, 0.2) is 4.90 Å². The van der Waals surface area contributed by atoms with Crippen molar-refractivity contribution in [3.8, 4) is 17.0 Å². The van der Waals surface area contributed by atoms with Crippen molar-refractivity contribution in [2.45, 2.75) is 55.9 Å². The van der Waals surface area contributed by atoms with E-state index >= 15 is 0 Å². The van der Waals surface area contributed by atoms with E-state index in [1.54, 1.807) is 12.1 Å². The molecular formula is C30H33N3O5S. The number of unbranched alkanes of at least 4 members (excludes halogenated alkanes) is 1. The van der Waals surface area contributed by atoms with Crippen molar-refractivity contribution >= 4 is 9.84 Å². The molecule has 39 heavy (non-hydrogen) atoms. The van der Waals surface area contributed by atoms with Gasteiger partial charge in [-0.3, -0.25) is 14.3 Å². The van der Waals surface area contributed by atoms with Crippen LogP contribution in [0.2, 0.25) is 0 Å². The molecule has 0 saturated heterocycles. The van der Waals surface area contributed by atoms with Gasteiger partial charge in [0.25, 0.3) is 5.56 Å². The third-order valence-corrected chi connectivity index (χ3v) is 8.34. The van der Waals surface area contributed by atoms with E-state index in [4.69, 9.17) is 4.74 Å². The van der Waals surface area contributed by atoms with Gasteiger partial charge in [-0.15, -0.1) is 0 Å². The van der Waals surface area contributed by atoms with Gasteiger partial charge >= 0.3 is 0 Å². The lowest BCUT2D eigenvalue weighted by Crippen LogP contribution is -2.29. The van der Waals surface area contributed by atoms with Crippen LogP contribution >= 0.6 is 0 Å². The van der Waals surface area contributed by atoms with E-state index in [0.717, 1.165) is 34.5 Å². The quantitative estimate of drug-likeness (QED) is 0.296. The molecule has 4 aromatic rings. The maximum absolute atomic E-state index is 13.8. The third kappa shape index (κ3) is 5.94. The summed E-state index contributed by atoms with van der Waals surface area (Å²) in [7, 11) is -2.88. The predicted octanol–water partition coefficient (Wildman–Crippen LogP) is 5.04. The summed E-state index contributed by atoms with van der Waals surface area (Å²) < 4.78 is 34.4. The molecule has 9 heteroatoms. The molecule has 0 amide bonds. The van der Waals surface area contributed by atoms with Gasteiger partial charge < -0.3 is 9.84 Å². The lowest BCUT2D eigenvalue weighted by atomic mass is 10.1. The molecule has 1 unspecified atom stereocenters. The number of pyridine rings is 1. The molecule has 0 aliphatic heterocycles. The molecule has 8 nitrogen and oxygen atoms in total. The first kappa shape index (κ1) is 28.2. The van der Waals surface area contributed by atoms with Gasteiger partial charge in [-0.05, 0) is 61.2 Å². The number of aromatic nitrogens is 3. The van der Waals surface area contributed by atoms with E-state index in [1.165, 1.54) is 23.8 Å². The fourth-order valence-electron chi connectivity index (χ4n) is 4.72. The van der Waals surface area contributed by atoms with Gasteiger partial charge in [-0.1, -0.05) is 55.8 Å². The van der Waals surface area contributed by atoms with E-state index in [-0.39, 0.29) is 11.5 Å². The summed E-state index contributed by atoms with van der Waals surface area (Å²) in [6, 6.07) is 18.8. The average Bonchev–Trinajstić information content (AvgIpc) is 2.91. The molecule has 0 aliphatic rings. The van der Waals surface area contributed by atoms with E-state index < -0.39 is 32.2 Å². The number of hydrogen-bond donors (Lipinski definition) is 1. The summed E-state index contributed by atoms with van der Waals surface area (Å²) in [5.41, 5.74) is 3.22. The topological polar surface area (TPSA) is 111 Å². The first-order valence-corrected chi connectivity index (χ1v) is 14.3. The van der Waals surface area contributed by atoms with E-state index in [0.29, 0.717) is 18.7 Å². The SMILES string of the molecule is CCCCc1nc(=O)c(S(=O)(=O)c2ccc(-c3cc(C)nc(C)c3)cc2)c(O)n1C(COC)c1ccccc1. The molecule has 2 aromatic heterocycles. The highest BCUT2D eigenvalue weighted by Gasteiger charge is 2.32. The van der Waals surface area contributed by atoms with Crippen LogP contribution in [0.4, 0.5) is 0 Å². The minimum atomic E-state index is -4.41. The summed E-state index contributed by atoms with van der Waals surface area (Å²) in [5.74, 6) is -0.334. The van der Waals surface area contributed by atoms with Gasteiger partial charge in [-0.25, -0.2) is 8.42 Å². The normalized spacial score (nSPS) is 12.4. The number of aromatic hydroxyl groups is 1. The summed E-state index contributed by atoms with van der Waals surface area (Å²) in [6.45, 7) is 5.93. The zero-order valence-corrected chi connectivity index (χ0v) is 23.4. The number of ether oxygens (including phenoxy) is 1. The molecule has 204 valence electrons. The van der Waals surface area contributed by atoms with Gasteiger partial charge in [0.2, 0.25) is 15.7 Å². The Labute approximate surface area is 228 Å². The molecule has 0 bridgehead atoms. The van der Waals surface area contributed by atoms with Gasteiger partial charge in [0.05, 0.1) is 17.5 Å². The van der Waals surface area contributed by atoms with Crippen LogP contribution in [-0.4, -0.2) is 41.8 Å². The summed E-state index contributed by atoms with van der Waals surface area (Å²) in [4.78, 5) is 20.9. The summed E-state index contributed by atoms with van der Waals surface area (Å²) >= 11 is 0. The lowest BCUT2D eigenvalue weighted by molar-refractivity contribution is 0.161. The average molecular weight is 548 g/mol. The Hall–Kier alpha value is -3.82. The van der Waals surface area contributed by atoms with Crippen LogP contribution < -0.4 is 5.56 Å². The Morgan fingerprint density at radius 1 is 0.949 bits per heavy atom. The van der Waals surface area contributed by atoms with E-state index in [1.807, 2.05) is 63.2 Å². The van der Waals surface area contributed by atoms with E-state index in [2.05, 4.69) is 9.97 Å². The molecule has 0 saturated carbocycles. The van der Waals surface area contributed by atoms with Crippen LogP contribution in [0.15, 0.2) is 81.3 Å². The number of sulfone groups is 1. The molecule has 0 aliphatic carbocycles. The molecule has 0 spiro atoms. The predicted molar refractivity (Wildman–Crippen MR) is 150 cm³/mol. The van der Waals surface area contributed by atoms with Crippen LogP contribution in [0.3, 0.4) is 0 Å². The monoisotopic (exact) mass is 547 g/mol. The number of aryl methyl sites for hydroxylation is 3. The van der Waals surface area contributed by atoms with Crippen molar-refractivity contribution in [3.63, 3.8) is 0 Å². The lowest BCUT2D eigenvalue weighted by Gasteiger charge is -2.25. The van der Waals surface area contributed by atoms with Crippen molar-refractivity contribution in [1.82, 2.24) is 14.5 Å². The Morgan fingerprint density at radius 2 is 1.59 bits per heavy atom. The van der Waals surface area contributed by atoms with Gasteiger partial charge in [-0.2, -0.15) is 4.98 Å². The largest absolute Gasteiger partial charge is 0.493 e. The summed E-state index contributed by atoms with van der Waals surface area (Å²) in [6.07, 6.45) is 1.94. The minimum absolute atomic E-state index is 0.112. The molecule has 1 atom stereocenters. The molecule has 2 aromatic carbocycles. The van der Waals surface area contributed by atoms with Crippen molar-refractivity contribution in [2.24, 2.45) is 0 Å². The van der Waals surface area contributed by atoms with Crippen LogP contribution in [0.5, 0.6) is 5.88 Å². The maximum Gasteiger partial charge on any atom is 0.296 e. The van der Waals surface area contributed by atoms with Crippen LogP contribution in [0.25, 0.3) is 11.1 Å². The Balaban J connectivity index is 1.86. The molecule has 0 radical (unpaired) electrons. The zero-order valence-electron chi connectivity index (χ0n) is 22.6. The number of benzene rings is 2. The van der Waals surface area contributed by atoms with Crippen LogP contribution in [0, 0.1) is 13.8 Å². The zero-order chi connectivity index (χ0) is 28.2. The molecule has 1 N–H and O–H groups in total. The molecular weight excluding hydrogens is 514 g/mol. The second-order valence-corrected chi connectivity index (χ2v) is 11.4. The standard InChI is InChI=1S/C30H33N3O5S/c1-5-6-12-27-32-29(34)28(30(35)33(27)26(19-38-4)23-10-8-7-9-11-23)39(36,37)25-15-13-22(14-16-25)24-17-20(2)31-21(3)18-24/h7-11,13-18,26,35H,5-6,12,19H2,1-4H3. The molecule has 0 fully saturated rings. The number of rotatable bonds is 10. The smallest absolute Gasteiger partial charge is 0.296 e. The molecule has 2 heterocycles. The van der Waals surface area contributed by atoms with Crippen molar-refractivity contribution in [1.29, 1.82) is 0 Å². The highest BCUT2D eigenvalue weighted by Crippen LogP contribution is 2.33. The van der Waals surface area contributed by atoms with E-state index in [9.17, 15) is 18.3 Å². The fourth-order valence-corrected chi connectivity index (χ4v) is 6.07. The Morgan fingerprint density at radius 3 is 2.18 bits per heavy atom. The van der Waals surface area contributed by atoms with Crippen LogP contribution in [0.1, 0.15) is 48.6 Å². The Bertz CT molecular complexity index is 1600. The first-order valence-electron chi connectivity index (χ1n) is 12.9. The highest BCUT2D eigenvalue weighted by molar-refractivity contribution is 7.91. The third-order valence-electron chi connectivity index (χ3n) is 6.56. The van der Waals surface area contributed by atoms with Crippen molar-refractivity contribution in [2.75, 3.05) is 13.7 Å². The van der Waals surface area contributed by atoms with Crippen LogP contribution in [-0.2, 0) is 21.0 Å². The number of methoxy groups -OCH3 is 1. The van der Waals surface area contributed by atoms with Gasteiger partial charge in [0.1, 0.15) is 5.82 Å². The first-order chi connectivity index (χ1) is 18.7. The second-order valence-electron chi connectivity index (χ2n) is 9.51.